The van der Waals surface area contributed by atoms with E-state index in [-0.39, 0.29) is 18.8 Å². The number of hydrogen-bond donors (Lipinski definition) is 2. The van der Waals surface area contributed by atoms with Crippen molar-refractivity contribution in [3.63, 3.8) is 0 Å². The van der Waals surface area contributed by atoms with Crippen molar-refractivity contribution >= 4 is 7.54 Å². The molecule has 5 nitrogen and oxygen atoms in total. The van der Waals surface area contributed by atoms with Crippen LogP contribution in [-0.4, -0.2) is 68.6 Å². The molecule has 1 aliphatic heterocycles. The molecule has 1 heterocycles. The van der Waals surface area contributed by atoms with E-state index in [4.69, 9.17) is 19.3 Å². The predicted octanol–water partition coefficient (Wildman–Crippen LogP) is 4.13. The fourth-order valence-electron chi connectivity index (χ4n) is 2.70. The van der Waals surface area contributed by atoms with Crippen LogP contribution in [0.4, 0.5) is 12.9 Å². The van der Waals surface area contributed by atoms with E-state index in [9.17, 15) is 18.1 Å². The molecule has 0 spiro atoms. The summed E-state index contributed by atoms with van der Waals surface area (Å²) in [6.45, 7) is 13.1. The third-order valence-corrected chi connectivity index (χ3v) is 4.05. The maximum Gasteiger partial charge on any atom is 0.762 e. The van der Waals surface area contributed by atoms with Crippen LogP contribution in [0.25, 0.3) is 0 Å². The number of aliphatic hydroxyl groups is 2. The van der Waals surface area contributed by atoms with Gasteiger partial charge in [0.2, 0.25) is 0 Å². The summed E-state index contributed by atoms with van der Waals surface area (Å²) in [5.74, 6) is 0. The second-order valence-corrected chi connectivity index (χ2v) is 6.30. The van der Waals surface area contributed by atoms with Gasteiger partial charge in [-0.2, -0.15) is 0 Å². The van der Waals surface area contributed by atoms with Crippen molar-refractivity contribution in [3.05, 3.63) is 25.3 Å². The van der Waals surface area contributed by atoms with E-state index in [0.29, 0.717) is 18.8 Å². The van der Waals surface area contributed by atoms with E-state index < -0.39 is 7.54 Å². The van der Waals surface area contributed by atoms with Gasteiger partial charge in [-0.1, -0.05) is 12.2 Å². The lowest BCUT2D eigenvalue weighted by Crippen LogP contribution is -2.22. The van der Waals surface area contributed by atoms with Gasteiger partial charge in [0.25, 0.3) is 0 Å². The first kappa shape index (κ1) is 30.3. The summed E-state index contributed by atoms with van der Waals surface area (Å²) in [7, 11) is -3.67. The number of halogens is 3. The molecule has 0 amide bonds. The average molecular weight is 426 g/mol. The first-order valence-corrected chi connectivity index (χ1v) is 10.1. The second kappa shape index (κ2) is 21.8. The summed E-state index contributed by atoms with van der Waals surface area (Å²) in [6.07, 6.45) is 11.5. The third-order valence-electron chi connectivity index (χ3n) is 4.05. The minimum atomic E-state index is -3.67. The molecule has 3 fully saturated rings. The highest BCUT2D eigenvalue weighted by molar-refractivity contribution is 6.33. The van der Waals surface area contributed by atoms with Crippen molar-refractivity contribution in [1.82, 2.24) is 0 Å². The molecular formula is C20H38BF3O5. The molecule has 0 bridgehead atoms. The fraction of sp³-hybridized carbons (Fsp3) is 0.800. The molecule has 172 valence electrons. The van der Waals surface area contributed by atoms with E-state index in [1.165, 1.54) is 25.3 Å². The van der Waals surface area contributed by atoms with Crippen molar-refractivity contribution in [2.75, 3.05) is 26.4 Å². The van der Waals surface area contributed by atoms with Crippen LogP contribution in [0.15, 0.2) is 25.3 Å². The van der Waals surface area contributed by atoms with Gasteiger partial charge in [0.05, 0.1) is 37.6 Å². The molecule has 2 N–H and O–H groups in total. The van der Waals surface area contributed by atoms with Crippen LogP contribution in [-0.2, 0) is 14.2 Å². The van der Waals surface area contributed by atoms with Crippen LogP contribution in [0.1, 0.15) is 52.4 Å². The molecule has 2 aliphatic carbocycles. The predicted molar refractivity (Wildman–Crippen MR) is 111 cm³/mol. The summed E-state index contributed by atoms with van der Waals surface area (Å²) in [6, 6.07) is 0. The zero-order chi connectivity index (χ0) is 22.5. The quantitative estimate of drug-likeness (QED) is 0.380. The SMILES string of the molecule is C1CC2OC2C1.C=CCO.C=CCO[C@@H]1CCC[C@H]1O.CCOCC.FB(F)F. The molecule has 2 unspecified atom stereocenters. The highest BCUT2D eigenvalue weighted by Gasteiger charge is 2.42. The molecular weight excluding hydrogens is 388 g/mol. The van der Waals surface area contributed by atoms with E-state index in [1.807, 2.05) is 13.8 Å². The van der Waals surface area contributed by atoms with E-state index in [2.05, 4.69) is 13.2 Å². The van der Waals surface area contributed by atoms with E-state index in [0.717, 1.165) is 32.5 Å². The second-order valence-electron chi connectivity index (χ2n) is 6.30. The number of ether oxygens (including phenoxy) is 3. The van der Waals surface area contributed by atoms with Gasteiger partial charge in [-0.15, -0.1) is 13.2 Å². The summed E-state index contributed by atoms with van der Waals surface area (Å²) in [5, 5.41) is 17.0. The number of fused-ring (bicyclic) bond motifs is 1. The first-order chi connectivity index (χ1) is 13.9. The molecule has 0 aromatic heterocycles. The Balaban J connectivity index is 0. The molecule has 3 aliphatic rings. The summed E-state index contributed by atoms with van der Waals surface area (Å²) >= 11 is 0. The zero-order valence-electron chi connectivity index (χ0n) is 17.8. The first-order valence-electron chi connectivity index (χ1n) is 10.1. The maximum atomic E-state index is 9.67. The number of aliphatic hydroxyl groups excluding tert-OH is 2. The summed E-state index contributed by atoms with van der Waals surface area (Å²) in [4.78, 5) is 0. The van der Waals surface area contributed by atoms with Crippen LogP contribution in [0, 0.1) is 0 Å². The molecule has 29 heavy (non-hydrogen) atoms. The zero-order valence-corrected chi connectivity index (χ0v) is 17.8. The largest absolute Gasteiger partial charge is 0.762 e. The normalized spacial score (nSPS) is 25.2. The Morgan fingerprint density at radius 2 is 1.48 bits per heavy atom. The lowest BCUT2D eigenvalue weighted by atomic mass is 10.3. The highest BCUT2D eigenvalue weighted by Crippen LogP contribution is 2.37. The van der Waals surface area contributed by atoms with Crippen molar-refractivity contribution in [1.29, 1.82) is 0 Å². The standard InChI is InChI=1S/C8H14O2.C5H8O.C4H10O.C3H6O.BF3/c1-2-6-10-8-5-3-4-7(8)9;1-2-4-5(3-1)6-4;1-3-5-4-2;1-2-3-4;2-1(3)4/h2,7-9H,1,3-6H2;4-5H,1-3H2;3-4H2,1-2H3;2,4H,1,3H2;/t7-,8-;;;;/m1..../s1. The lowest BCUT2D eigenvalue weighted by Gasteiger charge is -2.13. The van der Waals surface area contributed by atoms with Crippen LogP contribution in [0.3, 0.4) is 0 Å². The Morgan fingerprint density at radius 3 is 1.69 bits per heavy atom. The van der Waals surface area contributed by atoms with Gasteiger partial charge in [0.1, 0.15) is 0 Å². The van der Waals surface area contributed by atoms with Gasteiger partial charge in [-0.3, -0.25) is 12.9 Å². The number of hydrogen-bond acceptors (Lipinski definition) is 5. The lowest BCUT2D eigenvalue weighted by molar-refractivity contribution is -0.00618. The summed E-state index contributed by atoms with van der Waals surface area (Å²) in [5.41, 5.74) is 0. The third kappa shape index (κ3) is 21.7. The molecule has 0 radical (unpaired) electrons. The van der Waals surface area contributed by atoms with Crippen LogP contribution in [0.2, 0.25) is 0 Å². The average Bonchev–Trinajstić information content (AvgIpc) is 3.08. The monoisotopic (exact) mass is 426 g/mol. The van der Waals surface area contributed by atoms with Crippen LogP contribution >= 0.6 is 0 Å². The Kier molecular flexibility index (Phi) is 22.8. The van der Waals surface area contributed by atoms with Gasteiger partial charge < -0.3 is 24.4 Å². The molecule has 2 saturated carbocycles. The Bertz CT molecular complexity index is 365. The van der Waals surface area contributed by atoms with Crippen molar-refractivity contribution in [2.45, 2.75) is 76.8 Å². The van der Waals surface area contributed by atoms with Gasteiger partial charge in [0, 0.05) is 13.2 Å². The fourth-order valence-corrected chi connectivity index (χ4v) is 2.70. The van der Waals surface area contributed by atoms with Gasteiger partial charge >= 0.3 is 7.54 Å². The van der Waals surface area contributed by atoms with Crippen LogP contribution < -0.4 is 0 Å². The maximum absolute atomic E-state index is 9.67. The number of epoxide rings is 1. The van der Waals surface area contributed by atoms with Crippen molar-refractivity contribution in [2.24, 2.45) is 0 Å². The minimum absolute atomic E-state index is 0.0676. The highest BCUT2D eigenvalue weighted by atomic mass is 19.4. The molecule has 1 saturated heterocycles. The van der Waals surface area contributed by atoms with Crippen LogP contribution in [0.5, 0.6) is 0 Å². The molecule has 0 aromatic carbocycles. The van der Waals surface area contributed by atoms with Gasteiger partial charge in [-0.05, 0) is 52.4 Å². The smallest absolute Gasteiger partial charge is 0.392 e. The molecule has 3 rings (SSSR count). The van der Waals surface area contributed by atoms with Crippen molar-refractivity contribution in [3.8, 4) is 0 Å². The molecule has 0 aromatic rings. The molecule has 9 heteroatoms. The van der Waals surface area contributed by atoms with Gasteiger partial charge in [-0.25, -0.2) is 0 Å². The van der Waals surface area contributed by atoms with E-state index in [1.54, 1.807) is 6.08 Å². The molecule has 4 atom stereocenters. The Morgan fingerprint density at radius 1 is 1.00 bits per heavy atom. The minimum Gasteiger partial charge on any atom is -0.392 e. The Labute approximate surface area is 174 Å². The van der Waals surface area contributed by atoms with Crippen molar-refractivity contribution < 1.29 is 37.4 Å². The topological polar surface area (TPSA) is 71.5 Å². The van der Waals surface area contributed by atoms with Gasteiger partial charge in [0.15, 0.2) is 0 Å². The number of rotatable bonds is 6. The Hall–Kier alpha value is -0.865. The van der Waals surface area contributed by atoms with E-state index >= 15 is 0 Å². The summed E-state index contributed by atoms with van der Waals surface area (Å²) < 4.78 is 44.3.